The first kappa shape index (κ1) is 13.2. The molecule has 0 fully saturated rings. The molecule has 1 aromatic carbocycles. The van der Waals surface area contributed by atoms with Gasteiger partial charge in [0.25, 0.3) is 0 Å². The molecule has 0 aliphatic heterocycles. The standard InChI is InChI=1S/C14H22O2/c1-4-13(15)11(3)14(16,5-2)12-9-7-6-8-10-12/h6-11,13,15-16H,4-5H2,1-3H3/t11-,13+,14-/m0/s1. The van der Waals surface area contributed by atoms with E-state index in [1.165, 1.54) is 0 Å². The van der Waals surface area contributed by atoms with E-state index in [1.54, 1.807) is 0 Å². The van der Waals surface area contributed by atoms with Gasteiger partial charge in [0.15, 0.2) is 0 Å². The minimum atomic E-state index is -0.934. The van der Waals surface area contributed by atoms with E-state index in [1.807, 2.05) is 51.1 Å². The van der Waals surface area contributed by atoms with Crippen LogP contribution in [0.1, 0.15) is 39.2 Å². The number of benzene rings is 1. The highest BCUT2D eigenvalue weighted by Gasteiger charge is 2.37. The lowest BCUT2D eigenvalue weighted by Crippen LogP contribution is -2.39. The molecule has 0 unspecified atom stereocenters. The zero-order valence-corrected chi connectivity index (χ0v) is 10.4. The van der Waals surface area contributed by atoms with E-state index < -0.39 is 11.7 Å². The summed E-state index contributed by atoms with van der Waals surface area (Å²) in [6.07, 6.45) is 0.802. The molecule has 0 saturated heterocycles. The molecule has 0 amide bonds. The highest BCUT2D eigenvalue weighted by molar-refractivity contribution is 5.23. The highest BCUT2D eigenvalue weighted by atomic mass is 16.3. The first-order valence-electron chi connectivity index (χ1n) is 6.02. The molecule has 1 rings (SSSR count). The van der Waals surface area contributed by atoms with Gasteiger partial charge >= 0.3 is 0 Å². The van der Waals surface area contributed by atoms with Crippen LogP contribution in [0, 0.1) is 5.92 Å². The average Bonchev–Trinajstić information content (AvgIpc) is 2.37. The summed E-state index contributed by atoms with van der Waals surface area (Å²) in [7, 11) is 0. The molecule has 0 bridgehead atoms. The van der Waals surface area contributed by atoms with Gasteiger partial charge in [-0.25, -0.2) is 0 Å². The second kappa shape index (κ2) is 5.46. The molecule has 0 aromatic heterocycles. The van der Waals surface area contributed by atoms with Crippen molar-refractivity contribution in [3.63, 3.8) is 0 Å². The van der Waals surface area contributed by atoms with Crippen LogP contribution >= 0.6 is 0 Å². The molecule has 0 heterocycles. The predicted octanol–water partition coefficient (Wildman–Crippen LogP) is 2.69. The number of hydrogen-bond donors (Lipinski definition) is 2. The Hall–Kier alpha value is -0.860. The van der Waals surface area contributed by atoms with Gasteiger partial charge in [0.2, 0.25) is 0 Å². The van der Waals surface area contributed by atoms with Crippen molar-refractivity contribution in [3.8, 4) is 0 Å². The molecular weight excluding hydrogens is 200 g/mol. The van der Waals surface area contributed by atoms with Crippen molar-refractivity contribution in [1.82, 2.24) is 0 Å². The fraction of sp³-hybridized carbons (Fsp3) is 0.571. The van der Waals surface area contributed by atoms with Gasteiger partial charge in [0.1, 0.15) is 0 Å². The molecular formula is C14H22O2. The molecule has 2 heteroatoms. The van der Waals surface area contributed by atoms with Gasteiger partial charge in [0.05, 0.1) is 11.7 Å². The normalized spacial score (nSPS) is 18.8. The van der Waals surface area contributed by atoms with Crippen LogP contribution in [0.2, 0.25) is 0 Å². The van der Waals surface area contributed by atoms with Crippen LogP contribution in [0.25, 0.3) is 0 Å². The van der Waals surface area contributed by atoms with Crippen molar-refractivity contribution in [2.24, 2.45) is 5.92 Å². The zero-order valence-electron chi connectivity index (χ0n) is 10.4. The van der Waals surface area contributed by atoms with Crippen LogP contribution in [0.3, 0.4) is 0 Å². The van der Waals surface area contributed by atoms with Crippen LogP contribution in [-0.4, -0.2) is 16.3 Å². The summed E-state index contributed by atoms with van der Waals surface area (Å²) < 4.78 is 0. The summed E-state index contributed by atoms with van der Waals surface area (Å²) in [6, 6.07) is 9.60. The first-order valence-corrected chi connectivity index (χ1v) is 6.02. The van der Waals surface area contributed by atoms with E-state index in [2.05, 4.69) is 0 Å². The van der Waals surface area contributed by atoms with Gasteiger partial charge in [-0.15, -0.1) is 0 Å². The lowest BCUT2D eigenvalue weighted by Gasteiger charge is -2.36. The van der Waals surface area contributed by atoms with Crippen molar-refractivity contribution in [3.05, 3.63) is 35.9 Å². The SMILES string of the molecule is CC[C@@H](O)[C@H](C)[C@@](O)(CC)c1ccccc1. The Morgan fingerprint density at radius 2 is 1.75 bits per heavy atom. The monoisotopic (exact) mass is 222 g/mol. The number of aliphatic hydroxyl groups is 2. The molecule has 90 valence electrons. The van der Waals surface area contributed by atoms with E-state index in [-0.39, 0.29) is 5.92 Å². The van der Waals surface area contributed by atoms with Crippen molar-refractivity contribution in [1.29, 1.82) is 0 Å². The predicted molar refractivity (Wildman–Crippen MR) is 66.1 cm³/mol. The third kappa shape index (κ3) is 2.45. The van der Waals surface area contributed by atoms with E-state index in [9.17, 15) is 10.2 Å². The van der Waals surface area contributed by atoms with Crippen LogP contribution in [0.5, 0.6) is 0 Å². The molecule has 0 saturated carbocycles. The van der Waals surface area contributed by atoms with Gasteiger partial charge in [-0.05, 0) is 18.4 Å². The van der Waals surface area contributed by atoms with Gasteiger partial charge in [-0.1, -0.05) is 51.1 Å². The Balaban J connectivity index is 3.02. The summed E-state index contributed by atoms with van der Waals surface area (Å²) in [4.78, 5) is 0. The largest absolute Gasteiger partial charge is 0.393 e. The van der Waals surface area contributed by atoms with Crippen molar-refractivity contribution >= 4 is 0 Å². The van der Waals surface area contributed by atoms with Crippen LogP contribution in [-0.2, 0) is 5.60 Å². The van der Waals surface area contributed by atoms with Crippen molar-refractivity contribution < 1.29 is 10.2 Å². The van der Waals surface area contributed by atoms with E-state index in [0.717, 1.165) is 5.56 Å². The minimum Gasteiger partial charge on any atom is -0.393 e. The summed E-state index contributed by atoms with van der Waals surface area (Å²) in [5.41, 5.74) is -0.0473. The Labute approximate surface area is 97.9 Å². The second-order valence-electron chi connectivity index (χ2n) is 4.41. The lowest BCUT2D eigenvalue weighted by atomic mass is 9.77. The van der Waals surface area contributed by atoms with Gasteiger partial charge < -0.3 is 10.2 Å². The van der Waals surface area contributed by atoms with Crippen molar-refractivity contribution in [2.75, 3.05) is 0 Å². The van der Waals surface area contributed by atoms with Gasteiger partial charge in [-0.3, -0.25) is 0 Å². The smallest absolute Gasteiger partial charge is 0.0943 e. The third-order valence-electron chi connectivity index (χ3n) is 3.56. The molecule has 16 heavy (non-hydrogen) atoms. The Kier molecular flexibility index (Phi) is 4.51. The van der Waals surface area contributed by atoms with E-state index in [4.69, 9.17) is 0 Å². The molecule has 2 nitrogen and oxygen atoms in total. The Morgan fingerprint density at radius 1 is 1.19 bits per heavy atom. The maximum atomic E-state index is 10.7. The maximum Gasteiger partial charge on any atom is 0.0943 e. The summed E-state index contributed by atoms with van der Waals surface area (Å²) in [5.74, 6) is -0.162. The Bertz CT molecular complexity index is 310. The third-order valence-corrected chi connectivity index (χ3v) is 3.56. The molecule has 1 aromatic rings. The van der Waals surface area contributed by atoms with E-state index >= 15 is 0 Å². The van der Waals surface area contributed by atoms with Crippen LogP contribution in [0.4, 0.5) is 0 Å². The highest BCUT2D eigenvalue weighted by Crippen LogP contribution is 2.35. The molecule has 0 radical (unpaired) electrons. The fourth-order valence-corrected chi connectivity index (χ4v) is 2.19. The fourth-order valence-electron chi connectivity index (χ4n) is 2.19. The maximum absolute atomic E-state index is 10.7. The summed E-state index contributed by atoms with van der Waals surface area (Å²) in [6.45, 7) is 5.79. The van der Waals surface area contributed by atoms with Crippen LogP contribution < -0.4 is 0 Å². The quantitative estimate of drug-likeness (QED) is 0.804. The first-order chi connectivity index (χ1) is 7.56. The summed E-state index contributed by atoms with van der Waals surface area (Å²) in [5, 5.41) is 20.6. The summed E-state index contributed by atoms with van der Waals surface area (Å²) >= 11 is 0. The minimum absolute atomic E-state index is 0.162. The molecule has 2 N–H and O–H groups in total. The van der Waals surface area contributed by atoms with Crippen LogP contribution in [0.15, 0.2) is 30.3 Å². The molecule has 0 aliphatic carbocycles. The van der Waals surface area contributed by atoms with Gasteiger partial charge in [-0.2, -0.15) is 0 Å². The Morgan fingerprint density at radius 3 is 2.19 bits per heavy atom. The van der Waals surface area contributed by atoms with Gasteiger partial charge in [0, 0.05) is 5.92 Å². The van der Waals surface area contributed by atoms with Crippen molar-refractivity contribution in [2.45, 2.75) is 45.3 Å². The number of hydrogen-bond acceptors (Lipinski definition) is 2. The lowest BCUT2D eigenvalue weighted by molar-refractivity contribution is -0.0728. The average molecular weight is 222 g/mol. The zero-order chi connectivity index (χ0) is 12.2. The number of rotatable bonds is 5. The number of aliphatic hydroxyl groups excluding tert-OH is 1. The molecule has 0 aliphatic rings. The molecule has 0 spiro atoms. The topological polar surface area (TPSA) is 40.5 Å². The molecule has 3 atom stereocenters. The second-order valence-corrected chi connectivity index (χ2v) is 4.41. The van der Waals surface area contributed by atoms with E-state index in [0.29, 0.717) is 12.8 Å².